The summed E-state index contributed by atoms with van der Waals surface area (Å²) in [6, 6.07) is 9.04. The van der Waals surface area contributed by atoms with Crippen LogP contribution in [0.1, 0.15) is 12.7 Å². The van der Waals surface area contributed by atoms with E-state index >= 15 is 0 Å². The van der Waals surface area contributed by atoms with E-state index < -0.39 is 18.0 Å². The molecule has 0 radical (unpaired) electrons. The highest BCUT2D eigenvalue weighted by Crippen LogP contribution is 2.18. The van der Waals surface area contributed by atoms with Gasteiger partial charge in [-0.3, -0.25) is 14.6 Å². The second kappa shape index (κ2) is 7.96. The van der Waals surface area contributed by atoms with E-state index in [9.17, 15) is 9.59 Å². The van der Waals surface area contributed by atoms with Crippen molar-refractivity contribution in [1.82, 2.24) is 15.1 Å². The second-order valence-electron chi connectivity index (χ2n) is 5.43. The third-order valence-corrected chi connectivity index (χ3v) is 4.19. The van der Waals surface area contributed by atoms with E-state index in [0.29, 0.717) is 10.8 Å². The Bertz CT molecular complexity index is 943. The van der Waals surface area contributed by atoms with Crippen molar-refractivity contribution in [2.24, 2.45) is 0 Å². The first-order valence-corrected chi connectivity index (χ1v) is 8.78. The van der Waals surface area contributed by atoms with Crippen LogP contribution in [0.15, 0.2) is 46.1 Å². The smallest absolute Gasteiger partial charge is 0.317 e. The van der Waals surface area contributed by atoms with Crippen LogP contribution >= 0.6 is 11.8 Å². The highest BCUT2D eigenvalue weighted by Gasteiger charge is 2.19. The van der Waals surface area contributed by atoms with Crippen molar-refractivity contribution in [1.29, 1.82) is 0 Å². The number of rotatable bonds is 6. The number of hydrogen-bond acceptors (Lipinski definition) is 8. The first-order chi connectivity index (χ1) is 12.5. The number of nitrogens with zero attached hydrogens (tertiary/aromatic N) is 3. The molecule has 2 heterocycles. The van der Waals surface area contributed by atoms with Crippen molar-refractivity contribution in [2.75, 3.05) is 11.1 Å². The average molecular weight is 372 g/mol. The van der Waals surface area contributed by atoms with E-state index in [1.165, 1.54) is 18.7 Å². The van der Waals surface area contributed by atoms with Gasteiger partial charge in [0.1, 0.15) is 10.8 Å². The minimum absolute atomic E-state index is 0.0215. The fourth-order valence-corrected chi connectivity index (χ4v) is 2.70. The summed E-state index contributed by atoms with van der Waals surface area (Å²) < 4.78 is 9.98. The predicted octanol–water partition coefficient (Wildman–Crippen LogP) is 2.59. The van der Waals surface area contributed by atoms with Gasteiger partial charge in [-0.1, -0.05) is 29.1 Å². The topological polar surface area (TPSA) is 107 Å². The normalized spacial score (nSPS) is 11.9. The van der Waals surface area contributed by atoms with Crippen LogP contribution in [-0.2, 0) is 14.3 Å². The number of thioether (sulfide) groups is 1. The van der Waals surface area contributed by atoms with Gasteiger partial charge >= 0.3 is 5.97 Å². The number of amides is 1. The molecule has 3 aromatic rings. The summed E-state index contributed by atoms with van der Waals surface area (Å²) >= 11 is 1.20. The Labute approximate surface area is 153 Å². The maximum absolute atomic E-state index is 12.0. The molecule has 1 N–H and O–H groups in total. The number of para-hydroxylation sites is 2. The third-order valence-electron chi connectivity index (χ3n) is 3.32. The van der Waals surface area contributed by atoms with E-state index in [0.717, 1.165) is 11.0 Å². The lowest BCUT2D eigenvalue weighted by atomic mass is 10.3. The summed E-state index contributed by atoms with van der Waals surface area (Å²) in [6.07, 6.45) is 0.645. The SMILES string of the molecule is Cc1cc(NC(=O)C(C)OC(=O)CSc2cnc3ccccc3n2)no1. The van der Waals surface area contributed by atoms with Crippen LogP contribution in [0.2, 0.25) is 0 Å². The molecular formula is C17H16N4O4S. The van der Waals surface area contributed by atoms with Gasteiger partial charge < -0.3 is 14.6 Å². The second-order valence-corrected chi connectivity index (χ2v) is 6.43. The molecule has 0 saturated carbocycles. The fraction of sp³-hybridized carbons (Fsp3) is 0.235. The number of esters is 1. The third kappa shape index (κ3) is 4.57. The molecular weight excluding hydrogens is 356 g/mol. The highest BCUT2D eigenvalue weighted by atomic mass is 32.2. The molecule has 26 heavy (non-hydrogen) atoms. The van der Waals surface area contributed by atoms with Gasteiger partial charge in [0.05, 0.1) is 23.0 Å². The lowest BCUT2D eigenvalue weighted by molar-refractivity contribution is -0.150. The molecule has 1 aromatic carbocycles. The van der Waals surface area contributed by atoms with Crippen LogP contribution in [0, 0.1) is 6.92 Å². The Morgan fingerprint density at radius 2 is 2.08 bits per heavy atom. The van der Waals surface area contributed by atoms with Gasteiger partial charge in [-0.15, -0.1) is 0 Å². The van der Waals surface area contributed by atoms with Crippen molar-refractivity contribution in [2.45, 2.75) is 25.0 Å². The Hall–Kier alpha value is -2.94. The van der Waals surface area contributed by atoms with E-state index in [-0.39, 0.29) is 11.6 Å². The van der Waals surface area contributed by atoms with Crippen LogP contribution < -0.4 is 5.32 Å². The Balaban J connectivity index is 1.50. The number of carbonyl (C=O) groups excluding carboxylic acids is 2. The van der Waals surface area contributed by atoms with Crippen molar-refractivity contribution >= 4 is 40.5 Å². The summed E-state index contributed by atoms with van der Waals surface area (Å²) in [5, 5.41) is 6.77. The number of ether oxygens (including phenoxy) is 1. The van der Waals surface area contributed by atoms with Crippen LogP contribution in [0.3, 0.4) is 0 Å². The molecule has 8 nitrogen and oxygen atoms in total. The quantitative estimate of drug-likeness (QED) is 0.520. The summed E-state index contributed by atoms with van der Waals surface area (Å²) in [7, 11) is 0. The number of benzene rings is 1. The minimum atomic E-state index is -0.956. The van der Waals surface area contributed by atoms with E-state index in [2.05, 4.69) is 20.4 Å². The number of aromatic nitrogens is 3. The zero-order valence-electron chi connectivity index (χ0n) is 14.1. The molecule has 2 aromatic heterocycles. The van der Waals surface area contributed by atoms with E-state index in [1.807, 2.05) is 24.3 Å². The monoisotopic (exact) mass is 372 g/mol. The first kappa shape index (κ1) is 17.9. The van der Waals surface area contributed by atoms with Crippen molar-refractivity contribution in [3.63, 3.8) is 0 Å². The zero-order chi connectivity index (χ0) is 18.5. The predicted molar refractivity (Wildman–Crippen MR) is 95.7 cm³/mol. The van der Waals surface area contributed by atoms with Gasteiger partial charge in [-0.2, -0.15) is 0 Å². The van der Waals surface area contributed by atoms with E-state index in [1.54, 1.807) is 19.2 Å². The molecule has 0 aliphatic rings. The number of hydrogen-bond donors (Lipinski definition) is 1. The zero-order valence-corrected chi connectivity index (χ0v) is 14.9. The molecule has 0 saturated heterocycles. The van der Waals surface area contributed by atoms with Crippen LogP contribution in [0.5, 0.6) is 0 Å². The highest BCUT2D eigenvalue weighted by molar-refractivity contribution is 7.99. The van der Waals surface area contributed by atoms with Gasteiger partial charge in [0.25, 0.3) is 5.91 Å². The van der Waals surface area contributed by atoms with E-state index in [4.69, 9.17) is 9.26 Å². The van der Waals surface area contributed by atoms with Gasteiger partial charge in [-0.05, 0) is 26.0 Å². The number of nitrogens with one attached hydrogen (secondary N) is 1. The maximum Gasteiger partial charge on any atom is 0.317 e. The summed E-state index contributed by atoms with van der Waals surface area (Å²) in [6.45, 7) is 3.19. The Morgan fingerprint density at radius 1 is 1.31 bits per heavy atom. The Kier molecular flexibility index (Phi) is 5.47. The molecule has 3 rings (SSSR count). The first-order valence-electron chi connectivity index (χ1n) is 7.79. The largest absolute Gasteiger partial charge is 0.452 e. The van der Waals surface area contributed by atoms with Crippen molar-refractivity contribution in [3.05, 3.63) is 42.3 Å². The molecule has 134 valence electrons. The minimum Gasteiger partial charge on any atom is -0.452 e. The van der Waals surface area contributed by atoms with Gasteiger partial charge in [-0.25, -0.2) is 4.98 Å². The fourth-order valence-electron chi connectivity index (χ4n) is 2.08. The number of aryl methyl sites for hydroxylation is 1. The molecule has 9 heteroatoms. The molecule has 0 aliphatic heterocycles. The summed E-state index contributed by atoms with van der Waals surface area (Å²) in [5.74, 6) is -0.145. The molecule has 1 amide bonds. The standard InChI is InChI=1S/C17H16N4O4S/c1-10-7-14(21-25-10)20-17(23)11(2)24-16(22)9-26-15-8-18-12-5-3-4-6-13(12)19-15/h3-8,11H,9H2,1-2H3,(H,20,21,23). The maximum atomic E-state index is 12.0. The Morgan fingerprint density at radius 3 is 2.81 bits per heavy atom. The van der Waals surface area contributed by atoms with Gasteiger partial charge in [0.2, 0.25) is 0 Å². The van der Waals surface area contributed by atoms with Crippen molar-refractivity contribution in [3.8, 4) is 0 Å². The van der Waals surface area contributed by atoms with Gasteiger partial charge in [0, 0.05) is 6.07 Å². The molecule has 0 bridgehead atoms. The molecule has 0 fully saturated rings. The number of fused-ring (bicyclic) bond motifs is 1. The lowest BCUT2D eigenvalue weighted by Crippen LogP contribution is -2.30. The van der Waals surface area contributed by atoms with Crippen molar-refractivity contribution < 1.29 is 18.8 Å². The molecule has 1 atom stereocenters. The summed E-state index contributed by atoms with van der Waals surface area (Å²) in [4.78, 5) is 32.6. The lowest BCUT2D eigenvalue weighted by Gasteiger charge is -2.12. The van der Waals surface area contributed by atoms with Crippen LogP contribution in [0.25, 0.3) is 11.0 Å². The average Bonchev–Trinajstić information content (AvgIpc) is 3.04. The molecule has 0 spiro atoms. The number of anilines is 1. The summed E-state index contributed by atoms with van der Waals surface area (Å²) in [5.41, 5.74) is 1.54. The van der Waals surface area contributed by atoms with Crippen LogP contribution in [-0.4, -0.2) is 38.9 Å². The molecule has 1 unspecified atom stereocenters. The van der Waals surface area contributed by atoms with Gasteiger partial charge in [0.15, 0.2) is 11.9 Å². The molecule has 0 aliphatic carbocycles. The number of carbonyl (C=O) groups is 2. The van der Waals surface area contributed by atoms with Crippen LogP contribution in [0.4, 0.5) is 5.82 Å².